The van der Waals surface area contributed by atoms with Gasteiger partial charge in [-0.25, -0.2) is 0 Å². The Bertz CT molecular complexity index is 569. The number of carbonyl (C=O) groups is 1. The van der Waals surface area contributed by atoms with Crippen LogP contribution < -0.4 is 5.32 Å². The summed E-state index contributed by atoms with van der Waals surface area (Å²) in [6.07, 6.45) is 0.405. The van der Waals surface area contributed by atoms with Crippen molar-refractivity contribution >= 4 is 34.8 Å². The lowest BCUT2D eigenvalue weighted by Gasteiger charge is -2.10. The molecule has 0 heterocycles. The number of benzene rings is 1. The molecule has 1 unspecified atom stereocenters. The number of nitro groups is 1. The molecule has 0 aliphatic rings. The highest BCUT2D eigenvalue weighted by atomic mass is 35.5. The van der Waals surface area contributed by atoms with Crippen LogP contribution in [0.5, 0.6) is 0 Å². The van der Waals surface area contributed by atoms with E-state index < -0.39 is 16.9 Å². The summed E-state index contributed by atoms with van der Waals surface area (Å²) in [4.78, 5) is 21.9. The number of halogens is 2. The first-order valence-corrected chi connectivity index (χ1v) is 6.00. The van der Waals surface area contributed by atoms with E-state index in [-0.39, 0.29) is 21.3 Å². The molecule has 0 spiro atoms. The highest BCUT2D eigenvalue weighted by Crippen LogP contribution is 2.30. The van der Waals surface area contributed by atoms with Crippen molar-refractivity contribution in [1.82, 2.24) is 5.32 Å². The smallest absolute Gasteiger partial charge is 0.271 e. The summed E-state index contributed by atoms with van der Waals surface area (Å²) in [6.45, 7) is 1.72. The summed E-state index contributed by atoms with van der Waals surface area (Å²) >= 11 is 11.6. The zero-order valence-electron chi connectivity index (χ0n) is 9.81. The first-order chi connectivity index (χ1) is 8.90. The Morgan fingerprint density at radius 1 is 1.58 bits per heavy atom. The Balaban J connectivity index is 3.16. The maximum absolute atomic E-state index is 11.9. The van der Waals surface area contributed by atoms with Crippen molar-refractivity contribution in [2.75, 3.05) is 0 Å². The second kappa shape index (κ2) is 6.36. The highest BCUT2D eigenvalue weighted by Gasteiger charge is 2.20. The molecule has 1 atom stereocenters. The summed E-state index contributed by atoms with van der Waals surface area (Å²) in [7, 11) is 0. The van der Waals surface area contributed by atoms with Gasteiger partial charge in [0, 0.05) is 12.1 Å². The summed E-state index contributed by atoms with van der Waals surface area (Å²) in [6, 6.07) is 3.27. The minimum atomic E-state index is -0.693. The topological polar surface area (TPSA) is 96.0 Å². The number of nitriles is 1. The Labute approximate surface area is 119 Å². The maximum Gasteiger partial charge on any atom is 0.271 e. The fourth-order valence-corrected chi connectivity index (χ4v) is 1.72. The molecule has 0 saturated heterocycles. The SMILES string of the molecule is CCC(C#N)NC(=O)c1cc([N+](=O)[O-])cc(Cl)c1Cl. The molecule has 100 valence electrons. The van der Waals surface area contributed by atoms with Crippen molar-refractivity contribution in [3.05, 3.63) is 37.9 Å². The molecule has 0 fully saturated rings. The van der Waals surface area contributed by atoms with E-state index in [9.17, 15) is 14.9 Å². The van der Waals surface area contributed by atoms with Crippen molar-refractivity contribution in [2.24, 2.45) is 0 Å². The number of nitro benzene ring substituents is 1. The van der Waals surface area contributed by atoms with Gasteiger partial charge in [-0.15, -0.1) is 0 Å². The molecule has 0 saturated carbocycles. The molecule has 0 aliphatic heterocycles. The number of nitrogens with one attached hydrogen (secondary N) is 1. The molecule has 1 aromatic rings. The standard InChI is InChI=1S/C11H9Cl2N3O3/c1-2-6(5-14)15-11(17)8-3-7(16(18)19)4-9(12)10(8)13/h3-4,6H,2H2,1H3,(H,15,17). The predicted molar refractivity (Wildman–Crippen MR) is 70.3 cm³/mol. The number of hydrogen-bond acceptors (Lipinski definition) is 4. The van der Waals surface area contributed by atoms with Crippen molar-refractivity contribution in [3.63, 3.8) is 0 Å². The molecule has 8 heteroatoms. The Morgan fingerprint density at radius 2 is 2.21 bits per heavy atom. The summed E-state index contributed by atoms with van der Waals surface area (Å²) in [5, 5.41) is 21.7. The van der Waals surface area contributed by atoms with Gasteiger partial charge in [-0.3, -0.25) is 14.9 Å². The van der Waals surface area contributed by atoms with Gasteiger partial charge >= 0.3 is 0 Å². The number of non-ortho nitro benzene ring substituents is 1. The average Bonchev–Trinajstić information content (AvgIpc) is 2.38. The first-order valence-electron chi connectivity index (χ1n) is 5.24. The van der Waals surface area contributed by atoms with E-state index in [1.54, 1.807) is 6.92 Å². The molecule has 0 aliphatic carbocycles. The van der Waals surface area contributed by atoms with Gasteiger partial charge in [-0.1, -0.05) is 30.1 Å². The van der Waals surface area contributed by atoms with Gasteiger partial charge in [-0.05, 0) is 6.42 Å². The quantitative estimate of drug-likeness (QED) is 0.683. The maximum atomic E-state index is 11.9. The number of nitrogens with zero attached hydrogens (tertiary/aromatic N) is 2. The molecule has 1 aromatic carbocycles. The Kier molecular flexibility index (Phi) is 5.10. The van der Waals surface area contributed by atoms with E-state index in [2.05, 4.69) is 5.32 Å². The van der Waals surface area contributed by atoms with Crippen molar-refractivity contribution in [1.29, 1.82) is 5.26 Å². The third-order valence-corrected chi connectivity index (χ3v) is 3.14. The lowest BCUT2D eigenvalue weighted by molar-refractivity contribution is -0.384. The van der Waals surface area contributed by atoms with Gasteiger partial charge in [0.2, 0.25) is 0 Å². The fourth-order valence-electron chi connectivity index (χ4n) is 1.31. The molecular weight excluding hydrogens is 293 g/mol. The van der Waals surface area contributed by atoms with Crippen molar-refractivity contribution in [2.45, 2.75) is 19.4 Å². The lowest BCUT2D eigenvalue weighted by atomic mass is 10.1. The first kappa shape index (κ1) is 15.2. The third-order valence-electron chi connectivity index (χ3n) is 2.34. The molecule has 1 N–H and O–H groups in total. The van der Waals surface area contributed by atoms with Crippen LogP contribution in [-0.4, -0.2) is 16.9 Å². The van der Waals surface area contributed by atoms with Crippen LogP contribution in [0.2, 0.25) is 10.0 Å². The lowest BCUT2D eigenvalue weighted by Crippen LogP contribution is -2.33. The molecule has 0 bridgehead atoms. The van der Waals surface area contributed by atoms with Gasteiger partial charge in [0.1, 0.15) is 6.04 Å². The summed E-state index contributed by atoms with van der Waals surface area (Å²) < 4.78 is 0. The van der Waals surface area contributed by atoms with Crippen molar-refractivity contribution in [3.8, 4) is 6.07 Å². The molecule has 6 nitrogen and oxygen atoms in total. The number of carbonyl (C=O) groups excluding carboxylic acids is 1. The average molecular weight is 302 g/mol. The minimum Gasteiger partial charge on any atom is -0.336 e. The van der Waals surface area contributed by atoms with Crippen LogP contribution in [0.4, 0.5) is 5.69 Å². The van der Waals surface area contributed by atoms with Crippen LogP contribution >= 0.6 is 23.2 Å². The third kappa shape index (κ3) is 3.56. The van der Waals surface area contributed by atoms with Crippen LogP contribution in [0.25, 0.3) is 0 Å². The van der Waals surface area contributed by atoms with Crippen LogP contribution in [0.3, 0.4) is 0 Å². The van der Waals surface area contributed by atoms with E-state index in [1.807, 2.05) is 6.07 Å². The fraction of sp³-hybridized carbons (Fsp3) is 0.273. The van der Waals surface area contributed by atoms with E-state index >= 15 is 0 Å². The number of hydrogen-bond donors (Lipinski definition) is 1. The van der Waals surface area contributed by atoms with E-state index in [0.717, 1.165) is 12.1 Å². The molecule has 19 heavy (non-hydrogen) atoms. The van der Waals surface area contributed by atoms with Crippen molar-refractivity contribution < 1.29 is 9.72 Å². The largest absolute Gasteiger partial charge is 0.336 e. The van der Waals surface area contributed by atoms with E-state index in [4.69, 9.17) is 28.5 Å². The number of rotatable bonds is 4. The van der Waals surface area contributed by atoms with Crippen LogP contribution in [-0.2, 0) is 0 Å². The van der Waals surface area contributed by atoms with Gasteiger partial charge in [0.15, 0.2) is 0 Å². The van der Waals surface area contributed by atoms with Gasteiger partial charge < -0.3 is 5.32 Å². The molecule has 0 radical (unpaired) electrons. The Hall–Kier alpha value is -1.84. The molecular formula is C11H9Cl2N3O3. The van der Waals surface area contributed by atoms with Gasteiger partial charge in [0.05, 0.1) is 26.6 Å². The molecule has 0 aromatic heterocycles. The molecule has 1 amide bonds. The second-order valence-electron chi connectivity index (χ2n) is 3.61. The second-order valence-corrected chi connectivity index (χ2v) is 4.39. The monoisotopic (exact) mass is 301 g/mol. The number of amides is 1. The predicted octanol–water partition coefficient (Wildman–Crippen LogP) is 2.93. The van der Waals surface area contributed by atoms with Gasteiger partial charge in [-0.2, -0.15) is 5.26 Å². The van der Waals surface area contributed by atoms with E-state index in [0.29, 0.717) is 6.42 Å². The van der Waals surface area contributed by atoms with Crippen LogP contribution in [0.1, 0.15) is 23.7 Å². The van der Waals surface area contributed by atoms with Gasteiger partial charge in [0.25, 0.3) is 11.6 Å². The minimum absolute atomic E-state index is 0.0856. The zero-order chi connectivity index (χ0) is 14.6. The summed E-state index contributed by atoms with van der Waals surface area (Å²) in [5.74, 6) is -0.677. The highest BCUT2D eigenvalue weighted by molar-refractivity contribution is 6.44. The van der Waals surface area contributed by atoms with Crippen LogP contribution in [0, 0.1) is 21.4 Å². The Morgan fingerprint density at radius 3 is 2.68 bits per heavy atom. The molecule has 1 rings (SSSR count). The zero-order valence-corrected chi connectivity index (χ0v) is 11.3. The van der Waals surface area contributed by atoms with E-state index in [1.165, 1.54) is 0 Å². The summed E-state index contributed by atoms with van der Waals surface area (Å²) in [5.41, 5.74) is -0.473. The van der Waals surface area contributed by atoms with Crippen LogP contribution in [0.15, 0.2) is 12.1 Å². The normalized spacial score (nSPS) is 11.5.